The van der Waals surface area contributed by atoms with E-state index in [2.05, 4.69) is 15.3 Å². The third kappa shape index (κ3) is 4.65. The van der Waals surface area contributed by atoms with E-state index in [1.807, 2.05) is 0 Å². The van der Waals surface area contributed by atoms with Crippen molar-refractivity contribution in [3.05, 3.63) is 70.5 Å². The lowest BCUT2D eigenvalue weighted by Crippen LogP contribution is -2.15. The van der Waals surface area contributed by atoms with E-state index in [4.69, 9.17) is 16.3 Å². The molecule has 0 aliphatic rings. The van der Waals surface area contributed by atoms with Crippen molar-refractivity contribution in [2.75, 3.05) is 12.4 Å². The molecular weight excluding hydrogens is 407 g/mol. The van der Waals surface area contributed by atoms with Crippen molar-refractivity contribution >= 4 is 23.2 Å². The molecule has 0 aliphatic carbocycles. The molecule has 0 radical (unpaired) electrons. The fraction of sp³-hybridized carbons (Fsp3) is 0.150. The molecule has 5 nitrogen and oxygen atoms in total. The van der Waals surface area contributed by atoms with Crippen LogP contribution in [0.4, 0.5) is 18.9 Å². The first kappa shape index (κ1) is 20.6. The molecule has 1 aromatic heterocycles. The zero-order valence-corrected chi connectivity index (χ0v) is 16.1. The number of halogens is 4. The fourth-order valence-corrected chi connectivity index (χ4v) is 2.84. The van der Waals surface area contributed by atoms with Gasteiger partial charge in [0.1, 0.15) is 5.75 Å². The van der Waals surface area contributed by atoms with Crippen LogP contribution in [0, 0.1) is 6.92 Å². The molecule has 0 aliphatic heterocycles. The van der Waals surface area contributed by atoms with Gasteiger partial charge in [-0.15, -0.1) is 0 Å². The minimum atomic E-state index is -4.42. The zero-order valence-electron chi connectivity index (χ0n) is 15.3. The van der Waals surface area contributed by atoms with Gasteiger partial charge in [-0.3, -0.25) is 4.79 Å². The van der Waals surface area contributed by atoms with E-state index in [9.17, 15) is 18.0 Å². The number of methoxy groups -OCH3 is 1. The van der Waals surface area contributed by atoms with Gasteiger partial charge in [0, 0.05) is 17.4 Å². The number of hydrogen-bond acceptors (Lipinski definition) is 4. The van der Waals surface area contributed by atoms with Crippen LogP contribution in [0.3, 0.4) is 0 Å². The monoisotopic (exact) mass is 421 g/mol. The predicted octanol–water partition coefficient (Wildman–Crippen LogP) is 5.39. The largest absolute Gasteiger partial charge is 0.495 e. The molecule has 2 aromatic carbocycles. The van der Waals surface area contributed by atoms with E-state index in [1.165, 1.54) is 25.4 Å². The summed E-state index contributed by atoms with van der Waals surface area (Å²) >= 11 is 6.05. The first-order valence-electron chi connectivity index (χ1n) is 8.35. The molecular formula is C20H15ClF3N3O2. The lowest BCUT2D eigenvalue weighted by Gasteiger charge is -2.10. The first-order chi connectivity index (χ1) is 13.7. The highest BCUT2D eigenvalue weighted by atomic mass is 35.5. The number of benzene rings is 2. The molecule has 0 unspecified atom stereocenters. The topological polar surface area (TPSA) is 64.1 Å². The Morgan fingerprint density at radius 2 is 1.83 bits per heavy atom. The number of nitrogens with one attached hydrogen (secondary N) is 1. The van der Waals surface area contributed by atoms with E-state index in [1.54, 1.807) is 25.1 Å². The Labute approximate surface area is 169 Å². The van der Waals surface area contributed by atoms with E-state index in [-0.39, 0.29) is 11.4 Å². The summed E-state index contributed by atoms with van der Waals surface area (Å²) in [6, 6.07) is 9.30. The molecule has 0 spiro atoms. The van der Waals surface area contributed by atoms with Crippen LogP contribution in [-0.2, 0) is 6.18 Å². The van der Waals surface area contributed by atoms with Crippen LogP contribution in [0.5, 0.6) is 5.75 Å². The maximum absolute atomic E-state index is 12.7. The van der Waals surface area contributed by atoms with Crippen molar-refractivity contribution < 1.29 is 22.7 Å². The fourth-order valence-electron chi connectivity index (χ4n) is 2.58. The molecule has 1 amide bonds. The second-order valence-electron chi connectivity index (χ2n) is 6.07. The zero-order chi connectivity index (χ0) is 21.2. The summed E-state index contributed by atoms with van der Waals surface area (Å²) in [5.41, 5.74) is 0.730. The molecule has 0 saturated heterocycles. The van der Waals surface area contributed by atoms with E-state index < -0.39 is 17.6 Å². The highest BCUT2D eigenvalue weighted by molar-refractivity contribution is 6.32. The maximum atomic E-state index is 12.7. The van der Waals surface area contributed by atoms with Gasteiger partial charge in [-0.25, -0.2) is 9.97 Å². The lowest BCUT2D eigenvalue weighted by atomic mass is 10.1. The van der Waals surface area contributed by atoms with E-state index in [0.717, 1.165) is 12.1 Å². The number of rotatable bonds is 4. The lowest BCUT2D eigenvalue weighted by molar-refractivity contribution is -0.137. The third-order valence-corrected chi connectivity index (χ3v) is 4.40. The number of ether oxygens (including phenoxy) is 1. The number of carbonyl (C=O) groups excluding carboxylic acids is 1. The summed E-state index contributed by atoms with van der Waals surface area (Å²) in [5.74, 6) is 0.257. The molecule has 150 valence electrons. The number of amides is 1. The Bertz CT molecular complexity index is 1050. The quantitative estimate of drug-likeness (QED) is 0.613. The molecule has 0 bridgehead atoms. The smallest absolute Gasteiger partial charge is 0.416 e. The molecule has 9 heteroatoms. The van der Waals surface area contributed by atoms with Crippen LogP contribution in [0.15, 0.2) is 48.7 Å². The summed E-state index contributed by atoms with van der Waals surface area (Å²) < 4.78 is 43.1. The second kappa shape index (κ2) is 8.08. The van der Waals surface area contributed by atoms with Crippen LogP contribution in [0.1, 0.15) is 21.6 Å². The van der Waals surface area contributed by atoms with Gasteiger partial charge in [-0.1, -0.05) is 23.7 Å². The Hall–Kier alpha value is -3.13. The molecule has 0 fully saturated rings. The molecule has 1 heterocycles. The van der Waals surface area contributed by atoms with E-state index >= 15 is 0 Å². The molecule has 3 aromatic rings. The molecule has 0 saturated carbocycles. The number of carbonyl (C=O) groups is 1. The van der Waals surface area contributed by atoms with Crippen molar-refractivity contribution in [3.8, 4) is 17.1 Å². The van der Waals surface area contributed by atoms with Crippen molar-refractivity contribution in [3.63, 3.8) is 0 Å². The van der Waals surface area contributed by atoms with Crippen molar-refractivity contribution in [2.45, 2.75) is 13.1 Å². The second-order valence-corrected chi connectivity index (χ2v) is 6.48. The van der Waals surface area contributed by atoms with Gasteiger partial charge in [-0.2, -0.15) is 13.2 Å². The Morgan fingerprint density at radius 3 is 2.38 bits per heavy atom. The number of alkyl halides is 3. The van der Waals surface area contributed by atoms with Crippen LogP contribution in [0.25, 0.3) is 11.4 Å². The van der Waals surface area contributed by atoms with Gasteiger partial charge in [-0.05, 0) is 37.3 Å². The molecule has 29 heavy (non-hydrogen) atoms. The third-order valence-electron chi connectivity index (χ3n) is 4.10. The minimum absolute atomic E-state index is 0.222. The molecule has 3 rings (SSSR count). The number of aromatic nitrogens is 2. The summed E-state index contributed by atoms with van der Waals surface area (Å²) in [7, 11) is 1.48. The number of anilines is 1. The SMILES string of the molecule is COc1ccc(NC(=O)c2cnc(-c3ccc(C(F)(F)F)cc3)nc2C)cc1Cl. The number of aryl methyl sites for hydroxylation is 1. The summed E-state index contributed by atoms with van der Waals surface area (Å²) in [4.78, 5) is 20.9. The molecule has 0 atom stereocenters. The Morgan fingerprint density at radius 1 is 1.14 bits per heavy atom. The average Bonchev–Trinajstić information content (AvgIpc) is 2.67. The van der Waals surface area contributed by atoms with Crippen LogP contribution >= 0.6 is 11.6 Å². The highest BCUT2D eigenvalue weighted by Crippen LogP contribution is 2.30. The maximum Gasteiger partial charge on any atom is 0.416 e. The number of nitrogens with zero attached hydrogens (tertiary/aromatic N) is 2. The van der Waals surface area contributed by atoms with Gasteiger partial charge >= 0.3 is 6.18 Å². The van der Waals surface area contributed by atoms with Gasteiger partial charge in [0.25, 0.3) is 5.91 Å². The number of hydrogen-bond donors (Lipinski definition) is 1. The minimum Gasteiger partial charge on any atom is -0.495 e. The Kier molecular flexibility index (Phi) is 5.74. The van der Waals surface area contributed by atoms with Gasteiger partial charge in [0.2, 0.25) is 0 Å². The van der Waals surface area contributed by atoms with Crippen LogP contribution in [-0.4, -0.2) is 23.0 Å². The summed E-state index contributed by atoms with van der Waals surface area (Å²) in [6.07, 6.45) is -3.09. The Balaban J connectivity index is 1.80. The molecule has 1 N–H and O–H groups in total. The average molecular weight is 422 g/mol. The van der Waals surface area contributed by atoms with Crippen molar-refractivity contribution in [2.24, 2.45) is 0 Å². The van der Waals surface area contributed by atoms with Crippen LogP contribution in [0.2, 0.25) is 5.02 Å². The normalized spacial score (nSPS) is 11.2. The van der Waals surface area contributed by atoms with Gasteiger partial charge in [0.15, 0.2) is 5.82 Å². The highest BCUT2D eigenvalue weighted by Gasteiger charge is 2.30. The van der Waals surface area contributed by atoms with E-state index in [0.29, 0.717) is 27.7 Å². The van der Waals surface area contributed by atoms with Gasteiger partial charge in [0.05, 0.1) is 29.0 Å². The van der Waals surface area contributed by atoms with Gasteiger partial charge < -0.3 is 10.1 Å². The predicted molar refractivity (Wildman–Crippen MR) is 103 cm³/mol. The van der Waals surface area contributed by atoms with Crippen molar-refractivity contribution in [1.29, 1.82) is 0 Å². The standard InChI is InChI=1S/C20H15ClF3N3O2/c1-11-15(19(28)27-14-7-8-17(29-2)16(21)9-14)10-25-18(26-11)12-3-5-13(6-4-12)20(22,23)24/h3-10H,1-2H3,(H,27,28). The summed E-state index contributed by atoms with van der Waals surface area (Å²) in [5, 5.41) is 3.03. The van der Waals surface area contributed by atoms with Crippen LogP contribution < -0.4 is 10.1 Å². The first-order valence-corrected chi connectivity index (χ1v) is 8.73. The van der Waals surface area contributed by atoms with Crippen molar-refractivity contribution in [1.82, 2.24) is 9.97 Å². The summed E-state index contributed by atoms with van der Waals surface area (Å²) in [6.45, 7) is 1.62.